The lowest BCUT2D eigenvalue weighted by Crippen LogP contribution is -2.50. The van der Waals surface area contributed by atoms with Gasteiger partial charge in [0.15, 0.2) is 5.82 Å². The van der Waals surface area contributed by atoms with Crippen LogP contribution in [0.4, 0.5) is 10.1 Å². The van der Waals surface area contributed by atoms with Crippen LogP contribution in [0.25, 0.3) is 0 Å². The lowest BCUT2D eigenvalue weighted by molar-refractivity contribution is 0.0344. The molecular formula is C15H23BrFN3O. The number of hydrogen-bond donors (Lipinski definition) is 2. The summed E-state index contributed by atoms with van der Waals surface area (Å²) in [4.78, 5) is 4.25. The van der Waals surface area contributed by atoms with Gasteiger partial charge in [0.25, 0.3) is 0 Å². The number of hydrogen-bond acceptors (Lipinski definition) is 4. The third kappa shape index (κ3) is 4.16. The Morgan fingerprint density at radius 1 is 1.29 bits per heavy atom. The number of nitrogens with zero attached hydrogens (tertiary/aromatic N) is 2. The zero-order valence-electron chi connectivity index (χ0n) is 12.6. The minimum Gasteiger partial charge on any atom is -0.389 e. The zero-order valence-corrected chi connectivity index (χ0v) is 14.2. The average molecular weight is 360 g/mol. The average Bonchev–Trinajstić information content (AvgIpc) is 2.41. The topological polar surface area (TPSA) is 52.7 Å². The second-order valence-electron chi connectivity index (χ2n) is 6.15. The van der Waals surface area contributed by atoms with Crippen LogP contribution in [0, 0.1) is 5.82 Å². The van der Waals surface area contributed by atoms with Crippen molar-refractivity contribution in [2.45, 2.75) is 26.0 Å². The van der Waals surface area contributed by atoms with E-state index in [4.69, 9.17) is 5.73 Å². The molecule has 0 aromatic heterocycles. The van der Waals surface area contributed by atoms with Crippen molar-refractivity contribution >= 4 is 21.6 Å². The summed E-state index contributed by atoms with van der Waals surface area (Å²) in [7, 11) is 0. The Balaban J connectivity index is 2.04. The smallest absolute Gasteiger partial charge is 0.160 e. The fraction of sp³-hybridized carbons (Fsp3) is 0.600. The molecule has 1 aromatic rings. The second-order valence-corrected chi connectivity index (χ2v) is 6.94. The number of anilines is 1. The molecule has 0 saturated carbocycles. The Hall–Kier alpha value is -0.690. The zero-order chi connectivity index (χ0) is 15.6. The molecule has 1 aliphatic rings. The highest BCUT2D eigenvalue weighted by Gasteiger charge is 2.24. The molecule has 6 heteroatoms. The van der Waals surface area contributed by atoms with Crippen LogP contribution in [0.15, 0.2) is 16.6 Å². The van der Waals surface area contributed by atoms with Gasteiger partial charge in [0.1, 0.15) is 0 Å². The summed E-state index contributed by atoms with van der Waals surface area (Å²) in [6, 6.07) is 3.67. The number of rotatable bonds is 4. The van der Waals surface area contributed by atoms with Gasteiger partial charge in [-0.1, -0.05) is 6.07 Å². The summed E-state index contributed by atoms with van der Waals surface area (Å²) >= 11 is 3.28. The van der Waals surface area contributed by atoms with Gasteiger partial charge in [-0.25, -0.2) is 4.39 Å². The monoisotopic (exact) mass is 359 g/mol. The Morgan fingerprint density at radius 3 is 2.43 bits per heavy atom. The van der Waals surface area contributed by atoms with Crippen LogP contribution in [-0.2, 0) is 6.54 Å². The van der Waals surface area contributed by atoms with E-state index in [-0.39, 0.29) is 5.82 Å². The van der Waals surface area contributed by atoms with Crippen molar-refractivity contribution in [2.75, 3.05) is 37.6 Å². The fourth-order valence-corrected chi connectivity index (χ4v) is 3.17. The minimum absolute atomic E-state index is 0.242. The number of nitrogens with two attached hydrogens (primary N) is 1. The van der Waals surface area contributed by atoms with Crippen molar-refractivity contribution < 1.29 is 9.50 Å². The van der Waals surface area contributed by atoms with Gasteiger partial charge in [0.05, 0.1) is 15.8 Å². The van der Waals surface area contributed by atoms with Gasteiger partial charge in [0, 0.05) is 39.3 Å². The fourth-order valence-electron chi connectivity index (χ4n) is 2.68. The van der Waals surface area contributed by atoms with Gasteiger partial charge >= 0.3 is 0 Å². The Bertz CT molecular complexity index is 496. The molecule has 118 valence electrons. The van der Waals surface area contributed by atoms with Crippen molar-refractivity contribution in [3.05, 3.63) is 28.0 Å². The Kier molecular flexibility index (Phi) is 5.24. The van der Waals surface area contributed by atoms with E-state index in [0.29, 0.717) is 23.2 Å². The quantitative estimate of drug-likeness (QED) is 0.862. The SMILES string of the molecule is CC(C)(O)CN1CCN(c2ccc(CN)c(Br)c2F)CC1. The van der Waals surface area contributed by atoms with Gasteiger partial charge in [-0.2, -0.15) is 0 Å². The largest absolute Gasteiger partial charge is 0.389 e. The van der Waals surface area contributed by atoms with Crippen LogP contribution in [-0.4, -0.2) is 48.3 Å². The summed E-state index contributed by atoms with van der Waals surface area (Å²) in [6.45, 7) is 7.71. The molecule has 1 heterocycles. The molecule has 0 radical (unpaired) electrons. The predicted molar refractivity (Wildman–Crippen MR) is 86.9 cm³/mol. The minimum atomic E-state index is -0.695. The van der Waals surface area contributed by atoms with Gasteiger partial charge in [-0.15, -0.1) is 0 Å². The summed E-state index contributed by atoms with van der Waals surface area (Å²) in [5.74, 6) is -0.242. The highest BCUT2D eigenvalue weighted by Crippen LogP contribution is 2.30. The molecule has 1 aliphatic heterocycles. The van der Waals surface area contributed by atoms with Crippen molar-refractivity contribution in [3.8, 4) is 0 Å². The molecular weight excluding hydrogens is 337 g/mol. The van der Waals surface area contributed by atoms with E-state index in [1.807, 2.05) is 24.8 Å². The third-order valence-electron chi connectivity index (χ3n) is 3.69. The molecule has 1 aromatic carbocycles. The van der Waals surface area contributed by atoms with Crippen LogP contribution < -0.4 is 10.6 Å². The van der Waals surface area contributed by atoms with Crippen LogP contribution in [0.3, 0.4) is 0 Å². The van der Waals surface area contributed by atoms with Crippen molar-refractivity contribution in [3.63, 3.8) is 0 Å². The van der Waals surface area contributed by atoms with E-state index in [9.17, 15) is 9.50 Å². The number of benzene rings is 1. The molecule has 0 amide bonds. The van der Waals surface area contributed by atoms with E-state index in [2.05, 4.69) is 20.8 Å². The summed E-state index contributed by atoms with van der Waals surface area (Å²) < 4.78 is 14.9. The van der Waals surface area contributed by atoms with E-state index in [1.165, 1.54) is 0 Å². The van der Waals surface area contributed by atoms with Crippen molar-refractivity contribution in [2.24, 2.45) is 5.73 Å². The molecule has 4 nitrogen and oxygen atoms in total. The molecule has 0 aliphatic carbocycles. The molecule has 1 saturated heterocycles. The summed E-state index contributed by atoms with van der Waals surface area (Å²) in [6.07, 6.45) is 0. The van der Waals surface area contributed by atoms with E-state index < -0.39 is 5.60 Å². The number of halogens is 2. The number of aliphatic hydroxyl groups is 1. The molecule has 0 atom stereocenters. The molecule has 1 fully saturated rings. The molecule has 0 bridgehead atoms. The Morgan fingerprint density at radius 2 is 1.90 bits per heavy atom. The molecule has 0 spiro atoms. The first-order valence-electron chi connectivity index (χ1n) is 7.18. The maximum absolute atomic E-state index is 14.4. The van der Waals surface area contributed by atoms with Crippen LogP contribution in [0.5, 0.6) is 0 Å². The number of β-amino-alcohol motifs (C(OH)–C–C–N with tert-alkyl or cyclic N) is 1. The summed E-state index contributed by atoms with van der Waals surface area (Å²) in [5, 5.41) is 9.86. The molecule has 21 heavy (non-hydrogen) atoms. The second kappa shape index (κ2) is 6.60. The lowest BCUT2D eigenvalue weighted by Gasteiger charge is -2.38. The van der Waals surface area contributed by atoms with E-state index in [1.54, 1.807) is 6.07 Å². The van der Waals surface area contributed by atoms with Crippen LogP contribution in [0.2, 0.25) is 0 Å². The molecule has 0 unspecified atom stereocenters. The van der Waals surface area contributed by atoms with E-state index in [0.717, 1.165) is 31.7 Å². The standard InChI is InChI=1S/C15H23BrFN3O/c1-15(2,21)10-19-5-7-20(8-6-19)12-4-3-11(9-18)13(16)14(12)17/h3-4,21H,5-10,18H2,1-2H3. The normalized spacial score (nSPS) is 17.3. The maximum atomic E-state index is 14.4. The van der Waals surface area contributed by atoms with Crippen LogP contribution >= 0.6 is 15.9 Å². The van der Waals surface area contributed by atoms with Gasteiger partial charge < -0.3 is 15.7 Å². The van der Waals surface area contributed by atoms with Crippen LogP contribution in [0.1, 0.15) is 19.4 Å². The summed E-state index contributed by atoms with van der Waals surface area (Å²) in [5.41, 5.74) is 6.28. The van der Waals surface area contributed by atoms with Gasteiger partial charge in [-0.05, 0) is 41.4 Å². The first kappa shape index (κ1) is 16.7. The number of piperazine rings is 1. The molecule has 2 rings (SSSR count). The van der Waals surface area contributed by atoms with Gasteiger partial charge in [0.2, 0.25) is 0 Å². The predicted octanol–water partition coefficient (Wildman–Crippen LogP) is 1.94. The first-order valence-corrected chi connectivity index (χ1v) is 7.98. The third-order valence-corrected chi connectivity index (χ3v) is 4.54. The van der Waals surface area contributed by atoms with Gasteiger partial charge in [-0.3, -0.25) is 4.90 Å². The van der Waals surface area contributed by atoms with Crippen molar-refractivity contribution in [1.82, 2.24) is 4.90 Å². The highest BCUT2D eigenvalue weighted by molar-refractivity contribution is 9.10. The van der Waals surface area contributed by atoms with E-state index >= 15 is 0 Å². The Labute approximate surface area is 133 Å². The lowest BCUT2D eigenvalue weighted by atomic mass is 10.1. The highest BCUT2D eigenvalue weighted by atomic mass is 79.9. The maximum Gasteiger partial charge on any atom is 0.160 e. The first-order chi connectivity index (χ1) is 9.81. The molecule has 3 N–H and O–H groups in total. The van der Waals surface area contributed by atoms with Crippen molar-refractivity contribution in [1.29, 1.82) is 0 Å².